The fraction of sp³-hybridized carbons (Fsp3) is 0.417. The summed E-state index contributed by atoms with van der Waals surface area (Å²) in [5.41, 5.74) is 3.32. The number of carbonyl (C=O) groups is 2. The molecule has 0 spiro atoms. The van der Waals surface area contributed by atoms with Crippen molar-refractivity contribution in [2.45, 2.75) is 38.3 Å². The molecular formula is C24H30N4O3. The number of benzene rings is 2. The number of amides is 3. The molecule has 7 nitrogen and oxygen atoms in total. The van der Waals surface area contributed by atoms with Crippen LogP contribution >= 0.6 is 0 Å². The van der Waals surface area contributed by atoms with Gasteiger partial charge in [-0.3, -0.25) is 4.79 Å². The zero-order valence-electron chi connectivity index (χ0n) is 17.6. The SMILES string of the molecule is O=C(NCc1ccc(N2CCC(CO)CC2)cc1)Nc1cccc(C(=O)NC2CC2)c1. The molecule has 1 aliphatic heterocycles. The molecule has 31 heavy (non-hydrogen) atoms. The maximum absolute atomic E-state index is 12.3. The van der Waals surface area contributed by atoms with Crippen LogP contribution in [0.4, 0.5) is 16.2 Å². The Hall–Kier alpha value is -3.06. The van der Waals surface area contributed by atoms with Gasteiger partial charge >= 0.3 is 6.03 Å². The molecule has 2 aromatic rings. The van der Waals surface area contributed by atoms with Crippen molar-refractivity contribution in [3.63, 3.8) is 0 Å². The minimum absolute atomic E-state index is 0.104. The first-order valence-corrected chi connectivity index (χ1v) is 11.0. The molecule has 1 heterocycles. The Bertz CT molecular complexity index is 903. The second-order valence-corrected chi connectivity index (χ2v) is 8.42. The van der Waals surface area contributed by atoms with Crippen molar-refractivity contribution < 1.29 is 14.7 Å². The van der Waals surface area contributed by atoms with Crippen molar-refractivity contribution in [3.05, 3.63) is 59.7 Å². The highest BCUT2D eigenvalue weighted by atomic mass is 16.3. The third kappa shape index (κ3) is 5.98. The summed E-state index contributed by atoms with van der Waals surface area (Å²) in [6, 6.07) is 15.2. The van der Waals surface area contributed by atoms with Crippen molar-refractivity contribution in [2.75, 3.05) is 29.9 Å². The quantitative estimate of drug-likeness (QED) is 0.552. The number of aliphatic hydroxyl groups excluding tert-OH is 1. The monoisotopic (exact) mass is 422 g/mol. The summed E-state index contributed by atoms with van der Waals surface area (Å²) in [5.74, 6) is 0.318. The fourth-order valence-corrected chi connectivity index (χ4v) is 3.79. The van der Waals surface area contributed by atoms with E-state index in [0.717, 1.165) is 44.3 Å². The summed E-state index contributed by atoms with van der Waals surface area (Å²) in [7, 11) is 0. The Morgan fingerprint density at radius 1 is 1.00 bits per heavy atom. The van der Waals surface area contributed by atoms with Crippen molar-refractivity contribution in [2.24, 2.45) is 5.92 Å². The van der Waals surface area contributed by atoms with Crippen molar-refractivity contribution in [1.29, 1.82) is 0 Å². The lowest BCUT2D eigenvalue weighted by Crippen LogP contribution is -2.34. The van der Waals surface area contributed by atoms with Gasteiger partial charge in [0.25, 0.3) is 5.91 Å². The second kappa shape index (κ2) is 9.83. The van der Waals surface area contributed by atoms with Gasteiger partial charge in [0.15, 0.2) is 0 Å². The Kier molecular flexibility index (Phi) is 6.72. The molecule has 164 valence electrons. The third-order valence-corrected chi connectivity index (χ3v) is 5.92. The van der Waals surface area contributed by atoms with Gasteiger partial charge in [0.05, 0.1) is 0 Å². The van der Waals surface area contributed by atoms with Crippen LogP contribution in [0, 0.1) is 5.92 Å². The van der Waals surface area contributed by atoms with Crippen LogP contribution in [0.2, 0.25) is 0 Å². The molecule has 0 unspecified atom stereocenters. The number of hydrogen-bond acceptors (Lipinski definition) is 4. The highest BCUT2D eigenvalue weighted by Crippen LogP contribution is 2.23. The van der Waals surface area contributed by atoms with E-state index in [2.05, 4.69) is 33.0 Å². The molecule has 7 heteroatoms. The van der Waals surface area contributed by atoms with Gasteiger partial charge in [-0.25, -0.2) is 4.79 Å². The molecule has 2 aliphatic rings. The average Bonchev–Trinajstić information content (AvgIpc) is 3.62. The zero-order chi connectivity index (χ0) is 21.6. The molecule has 0 atom stereocenters. The van der Waals surface area contributed by atoms with E-state index in [9.17, 15) is 14.7 Å². The number of carbonyl (C=O) groups excluding carboxylic acids is 2. The first-order chi connectivity index (χ1) is 15.1. The molecule has 0 bridgehead atoms. The van der Waals surface area contributed by atoms with Crippen LogP contribution in [0.25, 0.3) is 0 Å². The zero-order valence-corrected chi connectivity index (χ0v) is 17.6. The predicted octanol–water partition coefficient (Wildman–Crippen LogP) is 3.11. The van der Waals surface area contributed by atoms with E-state index in [0.29, 0.717) is 29.8 Å². The summed E-state index contributed by atoms with van der Waals surface area (Å²) >= 11 is 0. The van der Waals surface area contributed by atoms with Gasteiger partial charge in [-0.1, -0.05) is 18.2 Å². The Morgan fingerprint density at radius 2 is 1.74 bits per heavy atom. The first kappa shape index (κ1) is 21.2. The van der Waals surface area contributed by atoms with Gasteiger partial charge in [-0.2, -0.15) is 0 Å². The second-order valence-electron chi connectivity index (χ2n) is 8.42. The van der Waals surface area contributed by atoms with Crippen LogP contribution in [0.5, 0.6) is 0 Å². The number of nitrogens with zero attached hydrogens (tertiary/aromatic N) is 1. The molecule has 3 amide bonds. The molecule has 1 saturated carbocycles. The van der Waals surface area contributed by atoms with Crippen molar-refractivity contribution in [1.82, 2.24) is 10.6 Å². The van der Waals surface area contributed by atoms with Gasteiger partial charge in [-0.05, 0) is 67.5 Å². The Labute approximate surface area is 182 Å². The van der Waals surface area contributed by atoms with E-state index >= 15 is 0 Å². The standard InChI is InChI=1S/C24H30N4O3/c29-16-18-10-12-28(13-11-18)22-8-4-17(5-9-22)15-25-24(31)27-21-3-1-2-19(14-21)23(30)26-20-6-7-20/h1-5,8-9,14,18,20,29H,6-7,10-13,15-16H2,(H,26,30)(H2,25,27,31). The smallest absolute Gasteiger partial charge is 0.319 e. The number of hydrogen-bond donors (Lipinski definition) is 4. The molecule has 4 N–H and O–H groups in total. The first-order valence-electron chi connectivity index (χ1n) is 11.0. The maximum atomic E-state index is 12.3. The van der Waals surface area contributed by atoms with Crippen LogP contribution in [-0.2, 0) is 6.54 Å². The van der Waals surface area contributed by atoms with Crippen LogP contribution in [-0.4, -0.2) is 42.8 Å². The lowest BCUT2D eigenvalue weighted by molar-refractivity contribution is 0.0951. The summed E-state index contributed by atoms with van der Waals surface area (Å²) in [4.78, 5) is 26.8. The van der Waals surface area contributed by atoms with Crippen molar-refractivity contribution in [3.8, 4) is 0 Å². The van der Waals surface area contributed by atoms with E-state index in [1.807, 2.05) is 12.1 Å². The molecular weight excluding hydrogens is 392 g/mol. The molecule has 2 fully saturated rings. The molecule has 1 aliphatic carbocycles. The number of anilines is 2. The van der Waals surface area contributed by atoms with E-state index in [1.165, 1.54) is 5.69 Å². The summed E-state index contributed by atoms with van der Waals surface area (Å²) in [5, 5.41) is 17.9. The number of urea groups is 1. The number of aliphatic hydroxyl groups is 1. The molecule has 0 radical (unpaired) electrons. The van der Waals surface area contributed by atoms with Crippen LogP contribution in [0.3, 0.4) is 0 Å². The summed E-state index contributed by atoms with van der Waals surface area (Å²) < 4.78 is 0. The number of rotatable bonds is 7. The van der Waals surface area contributed by atoms with Crippen LogP contribution < -0.4 is 20.9 Å². The van der Waals surface area contributed by atoms with E-state index in [4.69, 9.17) is 0 Å². The van der Waals surface area contributed by atoms with Crippen LogP contribution in [0.15, 0.2) is 48.5 Å². The van der Waals surface area contributed by atoms with E-state index in [-0.39, 0.29) is 18.5 Å². The summed E-state index contributed by atoms with van der Waals surface area (Å²) in [6.07, 6.45) is 4.11. The molecule has 0 aromatic heterocycles. The van der Waals surface area contributed by atoms with Gasteiger partial charge in [-0.15, -0.1) is 0 Å². The lowest BCUT2D eigenvalue weighted by atomic mass is 9.97. The maximum Gasteiger partial charge on any atom is 0.319 e. The summed E-state index contributed by atoms with van der Waals surface area (Å²) in [6.45, 7) is 2.62. The largest absolute Gasteiger partial charge is 0.396 e. The van der Waals surface area contributed by atoms with Gasteiger partial charge < -0.3 is 26.0 Å². The fourth-order valence-electron chi connectivity index (χ4n) is 3.79. The number of piperidine rings is 1. The normalized spacial score (nSPS) is 16.6. The Morgan fingerprint density at radius 3 is 2.42 bits per heavy atom. The minimum Gasteiger partial charge on any atom is -0.396 e. The molecule has 1 saturated heterocycles. The lowest BCUT2D eigenvalue weighted by Gasteiger charge is -2.33. The van der Waals surface area contributed by atoms with Crippen LogP contribution in [0.1, 0.15) is 41.6 Å². The molecule has 2 aromatic carbocycles. The van der Waals surface area contributed by atoms with Crippen molar-refractivity contribution >= 4 is 23.3 Å². The third-order valence-electron chi connectivity index (χ3n) is 5.92. The van der Waals surface area contributed by atoms with E-state index < -0.39 is 0 Å². The highest BCUT2D eigenvalue weighted by Gasteiger charge is 2.24. The number of nitrogens with one attached hydrogen (secondary N) is 3. The minimum atomic E-state index is -0.310. The predicted molar refractivity (Wildman–Crippen MR) is 121 cm³/mol. The average molecular weight is 423 g/mol. The van der Waals surface area contributed by atoms with Gasteiger partial charge in [0, 0.05) is 49.2 Å². The van der Waals surface area contributed by atoms with E-state index in [1.54, 1.807) is 24.3 Å². The highest BCUT2D eigenvalue weighted by molar-refractivity contribution is 5.97. The topological polar surface area (TPSA) is 93.7 Å². The Balaban J connectivity index is 1.25. The van der Waals surface area contributed by atoms with Gasteiger partial charge in [0.2, 0.25) is 0 Å². The van der Waals surface area contributed by atoms with Gasteiger partial charge in [0.1, 0.15) is 0 Å². The molecule has 4 rings (SSSR count).